The van der Waals surface area contributed by atoms with Crippen LogP contribution in [-0.2, 0) is 16.0 Å². The van der Waals surface area contributed by atoms with E-state index in [1.54, 1.807) is 4.68 Å². The van der Waals surface area contributed by atoms with Crippen molar-refractivity contribution in [2.75, 3.05) is 0 Å². The van der Waals surface area contributed by atoms with E-state index in [-0.39, 0.29) is 0 Å². The van der Waals surface area contributed by atoms with E-state index >= 15 is 0 Å². The van der Waals surface area contributed by atoms with Crippen LogP contribution in [0.25, 0.3) is 11.0 Å². The maximum Gasteiger partial charge on any atom is 0.299 e. The van der Waals surface area contributed by atoms with Crippen molar-refractivity contribution in [2.45, 2.75) is 6.42 Å². The van der Waals surface area contributed by atoms with Crippen LogP contribution in [0.4, 0.5) is 0 Å². The molecule has 0 atom stereocenters. The molecule has 3 rings (SSSR count). The number of hydrogen-bond donors (Lipinski definition) is 0. The first-order valence-corrected chi connectivity index (χ1v) is 4.53. The smallest absolute Gasteiger partial charge is 0.299 e. The van der Waals surface area contributed by atoms with Gasteiger partial charge in [-0.2, -0.15) is 0 Å². The fourth-order valence-electron chi connectivity index (χ4n) is 1.69. The second-order valence-corrected chi connectivity index (χ2v) is 3.21. The predicted molar refractivity (Wildman–Crippen MR) is 53.4 cm³/mol. The standard InChI is InChI=1S/C10H7N3O2/c14-6-15-10-5-9-11-7-3-1-2-4-8(7)13(9)12-10/h1-4,6H,5H2. The number of carbonyl (C=O) groups excluding carboxylic acids is 1. The number of nitrogens with zero attached hydrogens (tertiary/aromatic N) is 3. The van der Waals surface area contributed by atoms with Gasteiger partial charge in [0.25, 0.3) is 6.47 Å². The Hall–Kier alpha value is -2.17. The Balaban J connectivity index is 2.16. The lowest BCUT2D eigenvalue weighted by Crippen LogP contribution is -2.02. The molecule has 2 heterocycles. The minimum atomic E-state index is 0.382. The largest absolute Gasteiger partial charge is 0.412 e. The molecule has 5 nitrogen and oxygen atoms in total. The maximum atomic E-state index is 10.2. The van der Waals surface area contributed by atoms with Crippen LogP contribution < -0.4 is 0 Å². The lowest BCUT2D eigenvalue weighted by atomic mass is 10.3. The first kappa shape index (κ1) is 8.16. The van der Waals surface area contributed by atoms with E-state index in [0.717, 1.165) is 16.9 Å². The van der Waals surface area contributed by atoms with Crippen molar-refractivity contribution in [1.82, 2.24) is 9.66 Å². The molecule has 0 radical (unpaired) electrons. The molecular formula is C10H7N3O2. The first-order chi connectivity index (χ1) is 7.38. The quantitative estimate of drug-likeness (QED) is 0.645. The van der Waals surface area contributed by atoms with Gasteiger partial charge in [-0.3, -0.25) is 4.79 Å². The zero-order chi connectivity index (χ0) is 10.3. The molecule has 0 spiro atoms. The van der Waals surface area contributed by atoms with Crippen molar-refractivity contribution in [3.63, 3.8) is 0 Å². The summed E-state index contributed by atoms with van der Waals surface area (Å²) < 4.78 is 6.40. The molecule has 0 aliphatic carbocycles. The van der Waals surface area contributed by atoms with Gasteiger partial charge in [0.05, 0.1) is 17.5 Å². The molecule has 1 aromatic carbocycles. The van der Waals surface area contributed by atoms with Crippen molar-refractivity contribution < 1.29 is 9.53 Å². The van der Waals surface area contributed by atoms with Gasteiger partial charge in [-0.25, -0.2) is 9.66 Å². The van der Waals surface area contributed by atoms with E-state index in [0.29, 0.717) is 18.8 Å². The summed E-state index contributed by atoms with van der Waals surface area (Å²) in [6.07, 6.45) is 0.466. The van der Waals surface area contributed by atoms with Gasteiger partial charge in [0.1, 0.15) is 5.82 Å². The van der Waals surface area contributed by atoms with E-state index in [4.69, 9.17) is 4.74 Å². The Bertz CT molecular complexity index is 571. The minimum Gasteiger partial charge on any atom is -0.412 e. The van der Waals surface area contributed by atoms with Gasteiger partial charge >= 0.3 is 0 Å². The highest BCUT2D eigenvalue weighted by Gasteiger charge is 2.19. The Morgan fingerprint density at radius 3 is 3.13 bits per heavy atom. The van der Waals surface area contributed by atoms with Gasteiger partial charge in [0, 0.05) is 0 Å². The van der Waals surface area contributed by atoms with Crippen LogP contribution in [0.3, 0.4) is 0 Å². The summed E-state index contributed by atoms with van der Waals surface area (Å²) in [5.41, 5.74) is 1.83. The number of ether oxygens (including phenoxy) is 1. The van der Waals surface area contributed by atoms with E-state index in [2.05, 4.69) is 10.1 Å². The number of benzene rings is 1. The van der Waals surface area contributed by atoms with Crippen LogP contribution >= 0.6 is 0 Å². The molecule has 1 aliphatic heterocycles. The van der Waals surface area contributed by atoms with Crippen LogP contribution in [0, 0.1) is 0 Å². The fraction of sp³-hybridized carbons (Fsp3) is 0.100. The third-order valence-electron chi connectivity index (χ3n) is 2.31. The molecule has 1 aliphatic rings. The summed E-state index contributed by atoms with van der Waals surface area (Å²) in [6, 6.07) is 7.71. The topological polar surface area (TPSA) is 56.5 Å². The van der Waals surface area contributed by atoms with Crippen LogP contribution in [-0.4, -0.2) is 22.0 Å². The zero-order valence-corrected chi connectivity index (χ0v) is 7.75. The number of para-hydroxylation sites is 2. The Morgan fingerprint density at radius 2 is 2.27 bits per heavy atom. The second-order valence-electron chi connectivity index (χ2n) is 3.21. The second kappa shape index (κ2) is 2.91. The Labute approximate surface area is 85.0 Å². The average molecular weight is 201 g/mol. The van der Waals surface area contributed by atoms with Gasteiger partial charge in [-0.05, 0) is 12.1 Å². The highest BCUT2D eigenvalue weighted by molar-refractivity contribution is 5.88. The van der Waals surface area contributed by atoms with Crippen molar-refractivity contribution in [3.05, 3.63) is 30.1 Å². The summed E-state index contributed by atoms with van der Waals surface area (Å²) in [4.78, 5) is 14.5. The molecule has 0 N–H and O–H groups in total. The molecule has 74 valence electrons. The highest BCUT2D eigenvalue weighted by Crippen LogP contribution is 2.20. The van der Waals surface area contributed by atoms with Crippen LogP contribution in [0.1, 0.15) is 5.82 Å². The molecular weight excluding hydrogens is 194 g/mol. The van der Waals surface area contributed by atoms with Gasteiger partial charge in [-0.1, -0.05) is 12.1 Å². The molecule has 0 unspecified atom stereocenters. The molecule has 5 heteroatoms. The SMILES string of the molecule is O=COC1=Nn2c(nc3ccccc32)C1. The number of carbonyl (C=O) groups is 1. The van der Waals surface area contributed by atoms with Crippen LogP contribution in [0.2, 0.25) is 0 Å². The summed E-state index contributed by atoms with van der Waals surface area (Å²) in [7, 11) is 0. The van der Waals surface area contributed by atoms with E-state index in [1.165, 1.54) is 0 Å². The van der Waals surface area contributed by atoms with Crippen LogP contribution in [0.15, 0.2) is 29.4 Å². The third kappa shape index (κ3) is 1.13. The molecule has 0 saturated heterocycles. The van der Waals surface area contributed by atoms with E-state index in [1.807, 2.05) is 24.3 Å². The molecule has 2 aromatic rings. The minimum absolute atomic E-state index is 0.382. The zero-order valence-electron chi connectivity index (χ0n) is 7.75. The number of aromatic nitrogens is 2. The highest BCUT2D eigenvalue weighted by atomic mass is 16.5. The van der Waals surface area contributed by atoms with Crippen molar-refractivity contribution in [2.24, 2.45) is 5.10 Å². The van der Waals surface area contributed by atoms with Crippen molar-refractivity contribution >= 4 is 23.4 Å². The van der Waals surface area contributed by atoms with Crippen molar-refractivity contribution in [1.29, 1.82) is 0 Å². The summed E-state index contributed by atoms with van der Waals surface area (Å²) in [5, 5.41) is 4.15. The number of imidazole rings is 1. The van der Waals surface area contributed by atoms with Crippen molar-refractivity contribution in [3.8, 4) is 0 Å². The predicted octanol–water partition coefficient (Wildman–Crippen LogP) is 0.927. The normalized spacial score (nSPS) is 13.7. The molecule has 15 heavy (non-hydrogen) atoms. The fourth-order valence-corrected chi connectivity index (χ4v) is 1.69. The van der Waals surface area contributed by atoms with Crippen LogP contribution in [0.5, 0.6) is 0 Å². The molecule has 0 saturated carbocycles. The van der Waals surface area contributed by atoms with Gasteiger partial charge in [0.2, 0.25) is 5.90 Å². The van der Waals surface area contributed by atoms with Gasteiger partial charge in [0.15, 0.2) is 0 Å². The number of fused-ring (bicyclic) bond motifs is 3. The number of hydrogen-bond acceptors (Lipinski definition) is 4. The first-order valence-electron chi connectivity index (χ1n) is 4.53. The molecule has 0 amide bonds. The molecule has 1 aromatic heterocycles. The van der Waals surface area contributed by atoms with Gasteiger partial charge in [-0.15, -0.1) is 5.10 Å². The lowest BCUT2D eigenvalue weighted by molar-refractivity contribution is -0.121. The number of rotatable bonds is 1. The summed E-state index contributed by atoms with van der Waals surface area (Å²) in [5.74, 6) is 1.19. The van der Waals surface area contributed by atoms with E-state index in [9.17, 15) is 4.79 Å². The summed E-state index contributed by atoms with van der Waals surface area (Å²) >= 11 is 0. The molecule has 0 fully saturated rings. The van der Waals surface area contributed by atoms with E-state index < -0.39 is 0 Å². The monoisotopic (exact) mass is 201 g/mol. The average Bonchev–Trinajstić information content (AvgIpc) is 2.75. The Morgan fingerprint density at radius 1 is 1.40 bits per heavy atom. The van der Waals surface area contributed by atoms with Gasteiger partial charge < -0.3 is 4.74 Å². The lowest BCUT2D eigenvalue weighted by Gasteiger charge is -1.93. The summed E-state index contributed by atoms with van der Waals surface area (Å²) in [6.45, 7) is 0.382. The third-order valence-corrected chi connectivity index (χ3v) is 2.31. The maximum absolute atomic E-state index is 10.2. The molecule has 0 bridgehead atoms. The Kier molecular flexibility index (Phi) is 1.58.